The molecule has 0 unspecified atom stereocenters. The summed E-state index contributed by atoms with van der Waals surface area (Å²) in [6, 6.07) is 10.5. The fraction of sp³-hybridized carbons (Fsp3) is 0.571. The van der Waals surface area contributed by atoms with Crippen molar-refractivity contribution in [1.29, 1.82) is 0 Å². The van der Waals surface area contributed by atoms with Crippen molar-refractivity contribution >= 4 is 16.6 Å². The molecule has 132 valence electrons. The van der Waals surface area contributed by atoms with Crippen LogP contribution in [0.5, 0.6) is 0 Å². The average Bonchev–Trinajstić information content (AvgIpc) is 2.61. The molecule has 0 atom stereocenters. The topological polar surface area (TPSA) is 28.2 Å². The van der Waals surface area contributed by atoms with Gasteiger partial charge < -0.3 is 10.2 Å². The van der Waals surface area contributed by atoms with Crippen molar-refractivity contribution in [2.75, 3.05) is 31.5 Å². The Labute approximate surface area is 147 Å². The summed E-state index contributed by atoms with van der Waals surface area (Å²) in [5.41, 5.74) is 2.18. The standard InChI is InChI=1S/C21H33N3/c1-3-5-9-14-24(15-10-6-4-2)16-13-22-20-17-19-11-7-8-12-21(19)23-18-20/h7-8,11-12,17-18,22H,3-6,9-10,13-16H2,1-2H3. The third-order valence-electron chi connectivity index (χ3n) is 4.50. The Morgan fingerprint density at radius 3 is 2.33 bits per heavy atom. The monoisotopic (exact) mass is 327 g/mol. The van der Waals surface area contributed by atoms with Gasteiger partial charge >= 0.3 is 0 Å². The second-order valence-corrected chi connectivity index (χ2v) is 6.60. The summed E-state index contributed by atoms with van der Waals surface area (Å²) in [5.74, 6) is 0. The second-order valence-electron chi connectivity index (χ2n) is 6.60. The summed E-state index contributed by atoms with van der Waals surface area (Å²) in [4.78, 5) is 7.14. The molecular weight excluding hydrogens is 294 g/mol. The third-order valence-corrected chi connectivity index (χ3v) is 4.50. The lowest BCUT2D eigenvalue weighted by atomic mass is 10.2. The van der Waals surface area contributed by atoms with Crippen LogP contribution in [0.1, 0.15) is 52.4 Å². The maximum absolute atomic E-state index is 4.52. The molecule has 3 heteroatoms. The molecule has 0 aliphatic carbocycles. The van der Waals surface area contributed by atoms with Gasteiger partial charge in [0.15, 0.2) is 0 Å². The maximum Gasteiger partial charge on any atom is 0.0703 e. The number of anilines is 1. The molecule has 1 aromatic heterocycles. The number of hydrogen-bond donors (Lipinski definition) is 1. The number of unbranched alkanes of at least 4 members (excludes halogenated alkanes) is 4. The molecule has 0 amide bonds. The molecule has 2 aromatic rings. The molecular formula is C21H33N3. The molecule has 0 aliphatic rings. The number of nitrogens with zero attached hydrogens (tertiary/aromatic N) is 2. The van der Waals surface area contributed by atoms with E-state index in [1.54, 1.807) is 0 Å². The highest BCUT2D eigenvalue weighted by Crippen LogP contribution is 2.15. The first-order valence-corrected chi connectivity index (χ1v) is 9.64. The molecule has 1 aromatic carbocycles. The highest BCUT2D eigenvalue weighted by molar-refractivity contribution is 5.81. The molecule has 0 spiro atoms. The minimum atomic E-state index is 0.984. The number of aromatic nitrogens is 1. The molecule has 1 heterocycles. The normalized spacial score (nSPS) is 11.3. The van der Waals surface area contributed by atoms with Crippen LogP contribution >= 0.6 is 0 Å². The number of nitrogens with one attached hydrogen (secondary N) is 1. The molecule has 0 saturated heterocycles. The summed E-state index contributed by atoms with van der Waals surface area (Å²) in [6.45, 7) is 9.11. The predicted molar refractivity (Wildman–Crippen MR) is 106 cm³/mol. The molecule has 0 bridgehead atoms. The first-order valence-electron chi connectivity index (χ1n) is 9.64. The zero-order valence-electron chi connectivity index (χ0n) is 15.4. The van der Waals surface area contributed by atoms with Crippen molar-refractivity contribution < 1.29 is 0 Å². The van der Waals surface area contributed by atoms with Crippen LogP contribution in [0.15, 0.2) is 36.5 Å². The van der Waals surface area contributed by atoms with Crippen LogP contribution in [0.3, 0.4) is 0 Å². The summed E-state index contributed by atoms with van der Waals surface area (Å²) in [6.07, 6.45) is 9.85. The van der Waals surface area contributed by atoms with Gasteiger partial charge in [-0.25, -0.2) is 0 Å². The van der Waals surface area contributed by atoms with Crippen LogP contribution in [0.4, 0.5) is 5.69 Å². The van der Waals surface area contributed by atoms with Gasteiger partial charge in [0.2, 0.25) is 0 Å². The van der Waals surface area contributed by atoms with Crippen LogP contribution in [-0.4, -0.2) is 36.1 Å². The third kappa shape index (κ3) is 6.48. The van der Waals surface area contributed by atoms with Gasteiger partial charge in [-0.05, 0) is 38.1 Å². The molecule has 3 nitrogen and oxygen atoms in total. The quantitative estimate of drug-likeness (QED) is 0.534. The Morgan fingerprint density at radius 1 is 0.917 bits per heavy atom. The van der Waals surface area contributed by atoms with E-state index < -0.39 is 0 Å². The predicted octanol–water partition coefficient (Wildman–Crippen LogP) is 5.33. The summed E-state index contributed by atoms with van der Waals surface area (Å²) in [7, 11) is 0. The molecule has 24 heavy (non-hydrogen) atoms. The number of pyridine rings is 1. The lowest BCUT2D eigenvalue weighted by Gasteiger charge is -2.22. The van der Waals surface area contributed by atoms with E-state index in [9.17, 15) is 0 Å². The van der Waals surface area contributed by atoms with Gasteiger partial charge in [-0.2, -0.15) is 0 Å². The van der Waals surface area contributed by atoms with Crippen LogP contribution in [-0.2, 0) is 0 Å². The Bertz CT molecular complexity index is 572. The Morgan fingerprint density at radius 2 is 1.62 bits per heavy atom. The molecule has 0 fully saturated rings. The molecule has 1 N–H and O–H groups in total. The first-order chi connectivity index (χ1) is 11.8. The van der Waals surface area contributed by atoms with E-state index in [0.717, 1.165) is 24.3 Å². The van der Waals surface area contributed by atoms with Crippen molar-refractivity contribution in [3.8, 4) is 0 Å². The number of rotatable bonds is 12. The zero-order valence-corrected chi connectivity index (χ0v) is 15.4. The van der Waals surface area contributed by atoms with Gasteiger partial charge in [0, 0.05) is 18.5 Å². The molecule has 0 aliphatic heterocycles. The maximum atomic E-state index is 4.52. The van der Waals surface area contributed by atoms with Gasteiger partial charge in [-0.3, -0.25) is 4.98 Å². The highest BCUT2D eigenvalue weighted by atomic mass is 15.1. The van der Waals surface area contributed by atoms with Gasteiger partial charge in [-0.1, -0.05) is 57.7 Å². The van der Waals surface area contributed by atoms with Crippen molar-refractivity contribution in [2.45, 2.75) is 52.4 Å². The Hall–Kier alpha value is -1.61. The van der Waals surface area contributed by atoms with Crippen molar-refractivity contribution in [3.05, 3.63) is 36.5 Å². The van der Waals surface area contributed by atoms with E-state index >= 15 is 0 Å². The minimum Gasteiger partial charge on any atom is -0.382 e. The lowest BCUT2D eigenvalue weighted by Crippen LogP contribution is -2.31. The van der Waals surface area contributed by atoms with Crippen LogP contribution in [0.25, 0.3) is 10.9 Å². The Kier molecular flexibility index (Phi) is 8.61. The van der Waals surface area contributed by atoms with Gasteiger partial charge in [0.05, 0.1) is 17.4 Å². The summed E-state index contributed by atoms with van der Waals surface area (Å²) in [5, 5.41) is 4.74. The Balaban J connectivity index is 1.80. The van der Waals surface area contributed by atoms with Crippen LogP contribution in [0, 0.1) is 0 Å². The molecule has 0 saturated carbocycles. The number of hydrogen-bond acceptors (Lipinski definition) is 3. The van der Waals surface area contributed by atoms with Crippen LogP contribution < -0.4 is 5.32 Å². The average molecular weight is 328 g/mol. The second kappa shape index (κ2) is 11.0. The number of para-hydroxylation sites is 1. The fourth-order valence-electron chi connectivity index (χ4n) is 3.03. The minimum absolute atomic E-state index is 0.984. The van der Waals surface area contributed by atoms with Gasteiger partial charge in [0.25, 0.3) is 0 Å². The van der Waals surface area contributed by atoms with E-state index in [1.807, 2.05) is 12.3 Å². The van der Waals surface area contributed by atoms with Crippen molar-refractivity contribution in [3.63, 3.8) is 0 Å². The number of benzene rings is 1. The van der Waals surface area contributed by atoms with E-state index in [-0.39, 0.29) is 0 Å². The van der Waals surface area contributed by atoms with E-state index in [1.165, 1.54) is 57.0 Å². The number of fused-ring (bicyclic) bond motifs is 1. The largest absolute Gasteiger partial charge is 0.382 e. The van der Waals surface area contributed by atoms with Crippen LogP contribution in [0.2, 0.25) is 0 Å². The van der Waals surface area contributed by atoms with E-state index in [4.69, 9.17) is 0 Å². The summed E-state index contributed by atoms with van der Waals surface area (Å²) < 4.78 is 0. The zero-order chi connectivity index (χ0) is 17.0. The van der Waals surface area contributed by atoms with E-state index in [2.05, 4.69) is 53.3 Å². The SMILES string of the molecule is CCCCCN(CCCCC)CCNc1cnc2ccccc2c1. The smallest absolute Gasteiger partial charge is 0.0703 e. The molecule has 2 rings (SSSR count). The van der Waals surface area contributed by atoms with Gasteiger partial charge in [-0.15, -0.1) is 0 Å². The fourth-order valence-corrected chi connectivity index (χ4v) is 3.03. The van der Waals surface area contributed by atoms with Crippen molar-refractivity contribution in [1.82, 2.24) is 9.88 Å². The highest BCUT2D eigenvalue weighted by Gasteiger charge is 2.04. The molecule has 0 radical (unpaired) electrons. The van der Waals surface area contributed by atoms with Gasteiger partial charge in [0.1, 0.15) is 0 Å². The van der Waals surface area contributed by atoms with E-state index in [0.29, 0.717) is 0 Å². The first kappa shape index (κ1) is 18.7. The lowest BCUT2D eigenvalue weighted by molar-refractivity contribution is 0.271. The summed E-state index contributed by atoms with van der Waals surface area (Å²) >= 11 is 0. The van der Waals surface area contributed by atoms with Crippen molar-refractivity contribution in [2.24, 2.45) is 0 Å².